The van der Waals surface area contributed by atoms with Gasteiger partial charge in [0.15, 0.2) is 0 Å². The fourth-order valence-electron chi connectivity index (χ4n) is 4.34. The van der Waals surface area contributed by atoms with Gasteiger partial charge in [0.1, 0.15) is 5.82 Å². The van der Waals surface area contributed by atoms with E-state index < -0.39 is 0 Å². The molecule has 1 N–H and O–H groups in total. The Balaban J connectivity index is 1.49. The highest BCUT2D eigenvalue weighted by atomic mass is 16.2. The lowest BCUT2D eigenvalue weighted by Crippen LogP contribution is -2.39. The SMILES string of the molecule is CC(=O)N(C)[C@H]1CCN(C(=O)c2cnc3c(c2)CCC(C)(c2ccccc2)N3)C1. The summed E-state index contributed by atoms with van der Waals surface area (Å²) in [5.41, 5.74) is 2.79. The molecule has 0 saturated carbocycles. The standard InChI is InChI=1S/C23H28N4O2/c1-16(28)26(3)20-10-12-27(15-20)22(29)18-13-17-9-11-23(2,25-21(17)24-14-18)19-7-5-4-6-8-19/h4-8,13-14,20H,9-12,15H2,1-3H3,(H,24,25)/t20-,23?/m0/s1. The number of hydrogen-bond donors (Lipinski definition) is 1. The summed E-state index contributed by atoms with van der Waals surface area (Å²) in [7, 11) is 1.80. The summed E-state index contributed by atoms with van der Waals surface area (Å²) in [6.07, 6.45) is 4.31. The summed E-state index contributed by atoms with van der Waals surface area (Å²) in [4.78, 5) is 32.7. The maximum Gasteiger partial charge on any atom is 0.255 e. The van der Waals surface area contributed by atoms with Crippen LogP contribution >= 0.6 is 0 Å². The van der Waals surface area contributed by atoms with E-state index in [0.29, 0.717) is 18.7 Å². The van der Waals surface area contributed by atoms with Gasteiger partial charge in [-0.25, -0.2) is 4.98 Å². The van der Waals surface area contributed by atoms with Gasteiger partial charge in [0, 0.05) is 33.3 Å². The molecule has 1 unspecified atom stereocenters. The third kappa shape index (κ3) is 3.71. The molecule has 6 nitrogen and oxygen atoms in total. The average Bonchev–Trinajstić information content (AvgIpc) is 3.23. The first kappa shape index (κ1) is 19.4. The van der Waals surface area contributed by atoms with Crippen molar-refractivity contribution in [3.63, 3.8) is 0 Å². The number of anilines is 1. The van der Waals surface area contributed by atoms with Gasteiger partial charge in [-0.2, -0.15) is 0 Å². The van der Waals surface area contributed by atoms with Crippen molar-refractivity contribution in [2.24, 2.45) is 0 Å². The number of benzene rings is 1. The van der Waals surface area contributed by atoms with Crippen LogP contribution in [0.25, 0.3) is 0 Å². The molecule has 4 rings (SSSR count). The van der Waals surface area contributed by atoms with Crippen LogP contribution in [0.15, 0.2) is 42.6 Å². The van der Waals surface area contributed by atoms with Gasteiger partial charge < -0.3 is 15.1 Å². The highest BCUT2D eigenvalue weighted by molar-refractivity contribution is 5.94. The van der Waals surface area contributed by atoms with Gasteiger partial charge in [-0.05, 0) is 43.4 Å². The quantitative estimate of drug-likeness (QED) is 0.872. The van der Waals surface area contributed by atoms with Crippen LogP contribution in [0.1, 0.15) is 48.2 Å². The maximum absolute atomic E-state index is 13.0. The second-order valence-corrected chi connectivity index (χ2v) is 8.38. The number of rotatable bonds is 3. The summed E-state index contributed by atoms with van der Waals surface area (Å²) in [6, 6.07) is 12.5. The lowest BCUT2D eigenvalue weighted by molar-refractivity contribution is -0.129. The molecular formula is C23H28N4O2. The van der Waals surface area contributed by atoms with Crippen molar-refractivity contribution in [3.05, 3.63) is 59.3 Å². The van der Waals surface area contributed by atoms with E-state index in [-0.39, 0.29) is 23.4 Å². The number of nitrogens with one attached hydrogen (secondary N) is 1. The first-order valence-electron chi connectivity index (χ1n) is 10.2. The van der Waals surface area contributed by atoms with Gasteiger partial charge in [0.2, 0.25) is 5.91 Å². The van der Waals surface area contributed by atoms with Crippen LogP contribution in [-0.2, 0) is 16.8 Å². The zero-order valence-corrected chi connectivity index (χ0v) is 17.3. The highest BCUT2D eigenvalue weighted by Crippen LogP contribution is 2.36. The molecule has 2 atom stereocenters. The number of likely N-dealkylation sites (N-methyl/N-ethyl adjacent to an activating group) is 1. The van der Waals surface area contributed by atoms with Crippen molar-refractivity contribution in [2.45, 2.75) is 44.7 Å². The predicted octanol–water partition coefficient (Wildman–Crippen LogP) is 3.05. The van der Waals surface area contributed by atoms with E-state index >= 15 is 0 Å². The summed E-state index contributed by atoms with van der Waals surface area (Å²) < 4.78 is 0. The fourth-order valence-corrected chi connectivity index (χ4v) is 4.34. The summed E-state index contributed by atoms with van der Waals surface area (Å²) >= 11 is 0. The van der Waals surface area contributed by atoms with Crippen molar-refractivity contribution in [1.29, 1.82) is 0 Å². The number of carbonyl (C=O) groups excluding carboxylic acids is 2. The maximum atomic E-state index is 13.0. The molecule has 2 aromatic rings. The van der Waals surface area contributed by atoms with Crippen LogP contribution < -0.4 is 5.32 Å². The summed E-state index contributed by atoms with van der Waals surface area (Å²) in [6.45, 7) is 5.01. The number of nitrogens with zero attached hydrogens (tertiary/aromatic N) is 3. The number of hydrogen-bond acceptors (Lipinski definition) is 4. The van der Waals surface area contributed by atoms with Crippen LogP contribution in [0.2, 0.25) is 0 Å². The van der Waals surface area contributed by atoms with Crippen molar-refractivity contribution in [2.75, 3.05) is 25.5 Å². The number of amides is 2. The van der Waals surface area contributed by atoms with Gasteiger partial charge in [0.25, 0.3) is 5.91 Å². The number of pyridine rings is 1. The molecule has 1 saturated heterocycles. The molecule has 152 valence electrons. The Labute approximate surface area is 171 Å². The van der Waals surface area contributed by atoms with E-state index in [1.165, 1.54) is 5.56 Å². The molecule has 3 heterocycles. The van der Waals surface area contributed by atoms with Crippen LogP contribution in [0, 0.1) is 0 Å². The number of aromatic nitrogens is 1. The molecule has 1 fully saturated rings. The van der Waals surface area contributed by atoms with Crippen LogP contribution in [-0.4, -0.2) is 52.8 Å². The van der Waals surface area contributed by atoms with Crippen molar-refractivity contribution >= 4 is 17.6 Å². The van der Waals surface area contributed by atoms with Crippen LogP contribution in [0.3, 0.4) is 0 Å². The third-order valence-corrected chi connectivity index (χ3v) is 6.41. The number of likely N-dealkylation sites (tertiary alicyclic amines) is 1. The minimum absolute atomic E-state index is 0.00357. The second-order valence-electron chi connectivity index (χ2n) is 8.38. The molecule has 0 radical (unpaired) electrons. The Bertz CT molecular complexity index is 930. The first-order chi connectivity index (χ1) is 13.9. The minimum Gasteiger partial charge on any atom is -0.361 e. The normalized spacial score (nSPS) is 23.3. The fraction of sp³-hybridized carbons (Fsp3) is 0.435. The lowest BCUT2D eigenvalue weighted by Gasteiger charge is -2.37. The molecule has 2 aliphatic rings. The molecule has 0 bridgehead atoms. The van der Waals surface area contributed by atoms with Gasteiger partial charge >= 0.3 is 0 Å². The van der Waals surface area contributed by atoms with E-state index in [1.54, 1.807) is 25.1 Å². The Morgan fingerprint density at radius 1 is 1.28 bits per heavy atom. The Kier molecular flexibility index (Phi) is 5.03. The molecule has 0 spiro atoms. The van der Waals surface area contributed by atoms with Gasteiger partial charge in [-0.3, -0.25) is 9.59 Å². The van der Waals surface area contributed by atoms with E-state index in [1.807, 2.05) is 17.0 Å². The van der Waals surface area contributed by atoms with Crippen molar-refractivity contribution in [3.8, 4) is 0 Å². The van der Waals surface area contributed by atoms with Gasteiger partial charge in [0.05, 0.1) is 17.1 Å². The molecule has 29 heavy (non-hydrogen) atoms. The van der Waals surface area contributed by atoms with E-state index in [0.717, 1.165) is 30.6 Å². The largest absolute Gasteiger partial charge is 0.361 e. The number of aryl methyl sites for hydroxylation is 1. The molecule has 1 aromatic carbocycles. The Hall–Kier alpha value is -2.89. The zero-order chi connectivity index (χ0) is 20.6. The summed E-state index contributed by atoms with van der Waals surface area (Å²) in [5, 5.41) is 3.58. The molecule has 6 heteroatoms. The first-order valence-corrected chi connectivity index (χ1v) is 10.2. The minimum atomic E-state index is -0.160. The monoisotopic (exact) mass is 392 g/mol. The molecule has 2 amide bonds. The van der Waals surface area contributed by atoms with E-state index in [9.17, 15) is 9.59 Å². The Morgan fingerprint density at radius 2 is 2.03 bits per heavy atom. The lowest BCUT2D eigenvalue weighted by atomic mass is 9.83. The second kappa shape index (κ2) is 7.50. The smallest absolute Gasteiger partial charge is 0.255 e. The van der Waals surface area contributed by atoms with Gasteiger partial charge in [-0.15, -0.1) is 0 Å². The van der Waals surface area contributed by atoms with Crippen molar-refractivity contribution < 1.29 is 9.59 Å². The summed E-state index contributed by atoms with van der Waals surface area (Å²) in [5.74, 6) is 0.887. The molecule has 2 aliphatic heterocycles. The number of fused-ring (bicyclic) bond motifs is 1. The van der Waals surface area contributed by atoms with Crippen molar-refractivity contribution in [1.82, 2.24) is 14.8 Å². The van der Waals surface area contributed by atoms with Crippen LogP contribution in [0.4, 0.5) is 5.82 Å². The molecule has 0 aliphatic carbocycles. The highest BCUT2D eigenvalue weighted by Gasteiger charge is 2.33. The zero-order valence-electron chi connectivity index (χ0n) is 17.3. The van der Waals surface area contributed by atoms with E-state index in [2.05, 4.69) is 41.5 Å². The van der Waals surface area contributed by atoms with E-state index in [4.69, 9.17) is 0 Å². The Morgan fingerprint density at radius 3 is 2.76 bits per heavy atom. The predicted molar refractivity (Wildman–Crippen MR) is 113 cm³/mol. The van der Waals surface area contributed by atoms with Gasteiger partial charge in [-0.1, -0.05) is 30.3 Å². The molecular weight excluding hydrogens is 364 g/mol. The third-order valence-electron chi connectivity index (χ3n) is 6.41. The molecule has 1 aromatic heterocycles. The average molecular weight is 393 g/mol. The number of carbonyl (C=O) groups is 2. The topological polar surface area (TPSA) is 65.5 Å². The van der Waals surface area contributed by atoms with Crippen LogP contribution in [0.5, 0.6) is 0 Å².